The van der Waals surface area contributed by atoms with E-state index < -0.39 is 36.3 Å². The van der Waals surface area contributed by atoms with E-state index in [1.807, 2.05) is 91.0 Å². The van der Waals surface area contributed by atoms with Crippen molar-refractivity contribution >= 4 is 0 Å². The lowest BCUT2D eigenvalue weighted by molar-refractivity contribution is -0.159. The van der Waals surface area contributed by atoms with Crippen molar-refractivity contribution in [3.63, 3.8) is 0 Å². The van der Waals surface area contributed by atoms with Crippen LogP contribution in [0, 0.1) is 0 Å². The van der Waals surface area contributed by atoms with Gasteiger partial charge in [-0.2, -0.15) is 0 Å². The highest BCUT2D eigenvalue weighted by molar-refractivity contribution is 5.47. The summed E-state index contributed by atoms with van der Waals surface area (Å²) in [4.78, 5) is 0. The smallest absolute Gasteiger partial charge is 0.184 e. The maximum atomic E-state index is 10.7. The van der Waals surface area contributed by atoms with Gasteiger partial charge in [-0.25, -0.2) is 0 Å². The van der Waals surface area contributed by atoms with Gasteiger partial charge >= 0.3 is 0 Å². The van der Waals surface area contributed by atoms with Crippen LogP contribution in [0.15, 0.2) is 91.0 Å². The molecule has 1 saturated heterocycles. The zero-order chi connectivity index (χ0) is 21.8. The molecule has 4 rings (SSSR count). The first-order valence-electron chi connectivity index (χ1n) is 10.2. The lowest BCUT2D eigenvalue weighted by Crippen LogP contribution is -2.43. The first-order chi connectivity index (χ1) is 15.0. The largest absolute Gasteiger partial charge is 0.388 e. The molecule has 0 aromatic heterocycles. The molecule has 0 spiro atoms. The minimum absolute atomic E-state index is 0.208. The van der Waals surface area contributed by atoms with Crippen LogP contribution in [-0.4, -0.2) is 57.7 Å². The van der Waals surface area contributed by atoms with Crippen LogP contribution in [0.5, 0.6) is 0 Å². The Kier molecular flexibility index (Phi) is 6.48. The summed E-state index contributed by atoms with van der Waals surface area (Å²) in [6, 6.07) is 29.1. The van der Waals surface area contributed by atoms with Gasteiger partial charge in [-0.3, -0.25) is 0 Å². The van der Waals surface area contributed by atoms with Crippen molar-refractivity contribution in [3.05, 3.63) is 108 Å². The van der Waals surface area contributed by atoms with Gasteiger partial charge in [0, 0.05) is 0 Å². The third-order valence-electron chi connectivity index (χ3n) is 5.67. The highest BCUT2D eigenvalue weighted by Gasteiger charge is 2.46. The van der Waals surface area contributed by atoms with Gasteiger partial charge in [-0.15, -0.1) is 0 Å². The van der Waals surface area contributed by atoms with Crippen molar-refractivity contribution < 1.29 is 29.9 Å². The summed E-state index contributed by atoms with van der Waals surface area (Å²) in [5.41, 5.74) is 1.57. The summed E-state index contributed by atoms with van der Waals surface area (Å²) in [5, 5.41) is 40.3. The minimum Gasteiger partial charge on any atom is -0.388 e. The maximum Gasteiger partial charge on any atom is 0.184 e. The van der Waals surface area contributed by atoms with Gasteiger partial charge in [0.25, 0.3) is 0 Å². The van der Waals surface area contributed by atoms with E-state index in [1.165, 1.54) is 0 Å². The molecule has 1 fully saturated rings. The lowest BCUT2D eigenvalue weighted by Gasteiger charge is -2.37. The van der Waals surface area contributed by atoms with E-state index in [0.717, 1.165) is 16.7 Å². The predicted molar refractivity (Wildman–Crippen MR) is 114 cm³/mol. The normalized spacial score (nSPS) is 24.8. The molecule has 6 nitrogen and oxygen atoms in total. The molecule has 0 saturated carbocycles. The molecule has 31 heavy (non-hydrogen) atoms. The predicted octanol–water partition coefficient (Wildman–Crippen LogP) is 1.80. The van der Waals surface area contributed by atoms with Crippen molar-refractivity contribution in [1.82, 2.24) is 0 Å². The molecular formula is C25H26O6. The molecule has 162 valence electrons. The summed E-state index contributed by atoms with van der Waals surface area (Å²) in [6.45, 7) is -0.208. The molecule has 0 aliphatic carbocycles. The van der Waals surface area contributed by atoms with Crippen molar-refractivity contribution in [3.8, 4) is 0 Å². The molecular weight excluding hydrogens is 396 g/mol. The van der Waals surface area contributed by atoms with Crippen LogP contribution in [0.3, 0.4) is 0 Å². The number of ether oxygens (including phenoxy) is 2. The topological polar surface area (TPSA) is 99.4 Å². The fourth-order valence-electron chi connectivity index (χ4n) is 4.08. The highest BCUT2D eigenvalue weighted by Crippen LogP contribution is 2.40. The molecule has 1 heterocycles. The third-order valence-corrected chi connectivity index (χ3v) is 5.67. The van der Waals surface area contributed by atoms with E-state index in [1.54, 1.807) is 0 Å². The Labute approximate surface area is 180 Å². The van der Waals surface area contributed by atoms with Crippen LogP contribution in [-0.2, 0) is 15.1 Å². The SMILES string of the molecule is O[C@@H]1[C@@H](O)[C@H](O)O[C@H]1[C@H](O)COC(c1ccccc1)(c1ccccc1)c1ccccc1. The molecule has 3 aromatic rings. The number of hydrogen-bond donors (Lipinski definition) is 4. The molecule has 4 N–H and O–H groups in total. The van der Waals surface area contributed by atoms with E-state index in [4.69, 9.17) is 9.47 Å². The monoisotopic (exact) mass is 422 g/mol. The fourth-order valence-corrected chi connectivity index (χ4v) is 4.08. The highest BCUT2D eigenvalue weighted by atomic mass is 16.7. The Morgan fingerprint density at radius 2 is 1.13 bits per heavy atom. The second-order valence-electron chi connectivity index (χ2n) is 7.63. The first-order valence-corrected chi connectivity index (χ1v) is 10.2. The van der Waals surface area contributed by atoms with E-state index >= 15 is 0 Å². The summed E-state index contributed by atoms with van der Waals surface area (Å²) >= 11 is 0. The Morgan fingerprint density at radius 1 is 0.710 bits per heavy atom. The second-order valence-corrected chi connectivity index (χ2v) is 7.63. The van der Waals surface area contributed by atoms with Gasteiger partial charge in [0.15, 0.2) is 6.29 Å². The van der Waals surface area contributed by atoms with E-state index in [9.17, 15) is 20.4 Å². The number of benzene rings is 3. The van der Waals surface area contributed by atoms with Crippen LogP contribution in [0.25, 0.3) is 0 Å². The number of aliphatic hydroxyl groups excluding tert-OH is 4. The number of hydrogen-bond acceptors (Lipinski definition) is 6. The molecule has 3 aromatic carbocycles. The van der Waals surface area contributed by atoms with Gasteiger partial charge in [-0.1, -0.05) is 91.0 Å². The Bertz CT molecular complexity index is 853. The molecule has 0 amide bonds. The quantitative estimate of drug-likeness (QED) is 0.434. The lowest BCUT2D eigenvalue weighted by atomic mass is 9.80. The van der Waals surface area contributed by atoms with Gasteiger partial charge in [0.05, 0.1) is 6.61 Å². The minimum atomic E-state index is -1.56. The van der Waals surface area contributed by atoms with Crippen LogP contribution in [0.1, 0.15) is 16.7 Å². The maximum absolute atomic E-state index is 10.7. The van der Waals surface area contributed by atoms with E-state index in [-0.39, 0.29) is 6.61 Å². The van der Waals surface area contributed by atoms with Crippen molar-refractivity contribution in [1.29, 1.82) is 0 Å². The van der Waals surface area contributed by atoms with Gasteiger partial charge < -0.3 is 29.9 Å². The molecule has 6 heteroatoms. The van der Waals surface area contributed by atoms with Gasteiger partial charge in [0.1, 0.15) is 30.0 Å². The molecule has 1 aliphatic rings. The Hall–Kier alpha value is -2.58. The average Bonchev–Trinajstić information content (AvgIpc) is 3.09. The second kappa shape index (κ2) is 9.28. The molecule has 0 radical (unpaired) electrons. The standard InChI is InChI=1S/C25H26O6/c26-20(23-21(27)22(28)24(29)31-23)16-30-25(17-10-4-1-5-11-17,18-12-6-2-7-13-18)19-14-8-3-9-15-19/h1-15,20-24,26-29H,16H2/t20-,21-,22-,23+,24-/m1/s1. The zero-order valence-electron chi connectivity index (χ0n) is 16.9. The van der Waals surface area contributed by atoms with Crippen LogP contribution in [0.4, 0.5) is 0 Å². The van der Waals surface area contributed by atoms with Gasteiger partial charge in [0.2, 0.25) is 0 Å². The van der Waals surface area contributed by atoms with Gasteiger partial charge in [-0.05, 0) is 16.7 Å². The molecule has 1 aliphatic heterocycles. The summed E-state index contributed by atoms with van der Waals surface area (Å²) in [7, 11) is 0. The zero-order valence-corrected chi connectivity index (χ0v) is 16.9. The summed E-state index contributed by atoms with van der Waals surface area (Å²) < 4.78 is 11.6. The van der Waals surface area contributed by atoms with Crippen molar-refractivity contribution in [2.45, 2.75) is 36.3 Å². The van der Waals surface area contributed by atoms with Crippen LogP contribution < -0.4 is 0 Å². The molecule has 5 atom stereocenters. The van der Waals surface area contributed by atoms with Crippen molar-refractivity contribution in [2.24, 2.45) is 0 Å². The van der Waals surface area contributed by atoms with E-state index in [0.29, 0.717) is 0 Å². The first kappa shape index (κ1) is 21.6. The van der Waals surface area contributed by atoms with Crippen molar-refractivity contribution in [2.75, 3.05) is 6.61 Å². The van der Waals surface area contributed by atoms with E-state index in [2.05, 4.69) is 0 Å². The molecule has 0 unspecified atom stereocenters. The van der Waals surface area contributed by atoms with Crippen LogP contribution in [0.2, 0.25) is 0 Å². The summed E-state index contributed by atoms with van der Waals surface area (Å²) in [6.07, 6.45) is -6.92. The Balaban J connectivity index is 1.74. The fraction of sp³-hybridized carbons (Fsp3) is 0.280. The summed E-state index contributed by atoms with van der Waals surface area (Å²) in [5.74, 6) is 0. The molecule has 0 bridgehead atoms. The number of aliphatic hydroxyl groups is 4. The van der Waals surface area contributed by atoms with Crippen LogP contribution >= 0.6 is 0 Å². The Morgan fingerprint density at radius 3 is 1.48 bits per heavy atom. The number of rotatable bonds is 7. The third kappa shape index (κ3) is 4.14. The average molecular weight is 422 g/mol.